The Morgan fingerprint density at radius 2 is 2.32 bits per heavy atom. The molecule has 1 fully saturated rings. The summed E-state index contributed by atoms with van der Waals surface area (Å²) in [5, 5.41) is 14.2. The van der Waals surface area contributed by atoms with Gasteiger partial charge in [0.1, 0.15) is 11.7 Å². The quantitative estimate of drug-likeness (QED) is 0.598. The fourth-order valence-corrected chi connectivity index (χ4v) is 2.27. The smallest absolute Gasteiger partial charge is 0.292 e. The SMILES string of the molecule is Cc1ccc(N2CCNCC2C(N)=O)c([N+](=O)[O-])c1. The highest BCUT2D eigenvalue weighted by molar-refractivity contribution is 5.85. The molecule has 1 aromatic carbocycles. The molecule has 1 amide bonds. The lowest BCUT2D eigenvalue weighted by molar-refractivity contribution is -0.384. The number of carbonyl (C=O) groups excluding carboxylic acids is 1. The lowest BCUT2D eigenvalue weighted by atomic mass is 10.1. The van der Waals surface area contributed by atoms with Gasteiger partial charge >= 0.3 is 0 Å². The van der Waals surface area contributed by atoms with Crippen molar-refractivity contribution in [1.29, 1.82) is 0 Å². The van der Waals surface area contributed by atoms with Crippen molar-refractivity contribution in [3.05, 3.63) is 33.9 Å². The number of primary amides is 1. The molecule has 1 unspecified atom stereocenters. The van der Waals surface area contributed by atoms with E-state index in [1.165, 1.54) is 6.07 Å². The molecule has 1 heterocycles. The van der Waals surface area contributed by atoms with E-state index in [1.807, 2.05) is 0 Å². The molecule has 0 aliphatic carbocycles. The first-order valence-electron chi connectivity index (χ1n) is 6.02. The summed E-state index contributed by atoms with van der Waals surface area (Å²) in [5.74, 6) is -0.484. The zero-order valence-electron chi connectivity index (χ0n) is 10.6. The average Bonchev–Trinajstić information content (AvgIpc) is 2.38. The van der Waals surface area contributed by atoms with Gasteiger partial charge in [0.05, 0.1) is 4.92 Å². The van der Waals surface area contributed by atoms with Gasteiger partial charge in [0, 0.05) is 25.7 Å². The first kappa shape index (κ1) is 13.3. The molecule has 0 radical (unpaired) electrons. The monoisotopic (exact) mass is 264 g/mol. The molecule has 19 heavy (non-hydrogen) atoms. The zero-order chi connectivity index (χ0) is 14.0. The Morgan fingerprint density at radius 1 is 1.58 bits per heavy atom. The molecular formula is C12H16N4O3. The highest BCUT2D eigenvalue weighted by atomic mass is 16.6. The lowest BCUT2D eigenvalue weighted by Crippen LogP contribution is -2.57. The van der Waals surface area contributed by atoms with Gasteiger partial charge in [0.25, 0.3) is 5.69 Å². The van der Waals surface area contributed by atoms with Crippen LogP contribution in [0.25, 0.3) is 0 Å². The molecule has 1 atom stereocenters. The van der Waals surface area contributed by atoms with Crippen LogP contribution in [0, 0.1) is 17.0 Å². The number of hydrogen-bond acceptors (Lipinski definition) is 5. The van der Waals surface area contributed by atoms with Crippen LogP contribution in [-0.2, 0) is 4.79 Å². The average molecular weight is 264 g/mol. The van der Waals surface area contributed by atoms with Crippen molar-refractivity contribution in [2.24, 2.45) is 5.73 Å². The van der Waals surface area contributed by atoms with Crippen LogP contribution in [-0.4, -0.2) is 36.5 Å². The van der Waals surface area contributed by atoms with E-state index in [0.717, 1.165) is 5.56 Å². The molecule has 0 spiro atoms. The maximum Gasteiger partial charge on any atom is 0.292 e. The number of nitro benzene ring substituents is 1. The summed E-state index contributed by atoms with van der Waals surface area (Å²) in [7, 11) is 0. The van der Waals surface area contributed by atoms with Crippen LogP contribution >= 0.6 is 0 Å². The molecule has 1 saturated heterocycles. The van der Waals surface area contributed by atoms with Crippen LogP contribution in [0.2, 0.25) is 0 Å². The van der Waals surface area contributed by atoms with Crippen molar-refractivity contribution >= 4 is 17.3 Å². The number of nitro groups is 1. The van der Waals surface area contributed by atoms with Gasteiger partial charge in [-0.25, -0.2) is 0 Å². The fourth-order valence-electron chi connectivity index (χ4n) is 2.27. The van der Waals surface area contributed by atoms with E-state index in [2.05, 4.69) is 5.32 Å². The third-order valence-corrected chi connectivity index (χ3v) is 3.21. The fraction of sp³-hybridized carbons (Fsp3) is 0.417. The van der Waals surface area contributed by atoms with Gasteiger partial charge in [-0.3, -0.25) is 14.9 Å². The van der Waals surface area contributed by atoms with E-state index in [-0.39, 0.29) is 5.69 Å². The molecule has 0 bridgehead atoms. The molecule has 1 aliphatic rings. The Balaban J connectivity index is 2.44. The topological polar surface area (TPSA) is 102 Å². The van der Waals surface area contributed by atoms with Gasteiger partial charge in [-0.15, -0.1) is 0 Å². The zero-order valence-corrected chi connectivity index (χ0v) is 10.6. The van der Waals surface area contributed by atoms with Gasteiger partial charge in [-0.2, -0.15) is 0 Å². The van der Waals surface area contributed by atoms with Crippen LogP contribution < -0.4 is 16.0 Å². The van der Waals surface area contributed by atoms with Gasteiger partial charge in [0.15, 0.2) is 0 Å². The summed E-state index contributed by atoms with van der Waals surface area (Å²) < 4.78 is 0. The van der Waals surface area contributed by atoms with E-state index in [0.29, 0.717) is 25.3 Å². The summed E-state index contributed by atoms with van der Waals surface area (Å²) >= 11 is 0. The van der Waals surface area contributed by atoms with Crippen LogP contribution in [0.5, 0.6) is 0 Å². The number of piperazine rings is 1. The normalized spacial score (nSPS) is 19.2. The van der Waals surface area contributed by atoms with Crippen molar-refractivity contribution < 1.29 is 9.72 Å². The minimum absolute atomic E-state index is 0.00755. The number of carbonyl (C=O) groups is 1. The van der Waals surface area contributed by atoms with Crippen LogP contribution in [0.3, 0.4) is 0 Å². The predicted octanol–water partition coefficient (Wildman–Crippen LogP) is 0.167. The second-order valence-electron chi connectivity index (χ2n) is 4.56. The number of nitrogens with two attached hydrogens (primary N) is 1. The van der Waals surface area contributed by atoms with Gasteiger partial charge < -0.3 is 16.0 Å². The van der Waals surface area contributed by atoms with Gasteiger partial charge in [-0.1, -0.05) is 6.07 Å². The molecular weight excluding hydrogens is 248 g/mol. The van der Waals surface area contributed by atoms with E-state index in [9.17, 15) is 14.9 Å². The van der Waals surface area contributed by atoms with Crippen molar-refractivity contribution in [3.8, 4) is 0 Å². The predicted molar refractivity (Wildman–Crippen MR) is 71.0 cm³/mol. The highest BCUT2D eigenvalue weighted by Crippen LogP contribution is 2.30. The number of nitrogens with zero attached hydrogens (tertiary/aromatic N) is 2. The van der Waals surface area contributed by atoms with Crippen molar-refractivity contribution in [1.82, 2.24) is 5.32 Å². The molecule has 2 rings (SSSR count). The maximum atomic E-state index is 11.5. The Labute approximate surface area is 110 Å². The molecule has 0 aromatic heterocycles. The highest BCUT2D eigenvalue weighted by Gasteiger charge is 2.31. The van der Waals surface area contributed by atoms with E-state index in [1.54, 1.807) is 24.0 Å². The first-order chi connectivity index (χ1) is 9.00. The van der Waals surface area contributed by atoms with Crippen molar-refractivity contribution in [3.63, 3.8) is 0 Å². The van der Waals surface area contributed by atoms with Gasteiger partial charge in [-0.05, 0) is 18.6 Å². The van der Waals surface area contributed by atoms with Crippen LogP contribution in [0.4, 0.5) is 11.4 Å². The minimum atomic E-state index is -0.560. The molecule has 1 aliphatic heterocycles. The number of aryl methyl sites for hydroxylation is 1. The largest absolute Gasteiger partial charge is 0.368 e. The van der Waals surface area contributed by atoms with Crippen LogP contribution in [0.1, 0.15) is 5.56 Å². The molecule has 0 saturated carbocycles. The Bertz CT molecular complexity index is 518. The summed E-state index contributed by atoms with van der Waals surface area (Å²) in [6.45, 7) is 3.37. The Morgan fingerprint density at radius 3 is 2.95 bits per heavy atom. The van der Waals surface area contributed by atoms with Crippen molar-refractivity contribution in [2.45, 2.75) is 13.0 Å². The molecule has 3 N–H and O–H groups in total. The number of benzene rings is 1. The number of anilines is 1. The minimum Gasteiger partial charge on any atom is -0.368 e. The summed E-state index contributed by atoms with van der Waals surface area (Å²) in [4.78, 5) is 23.9. The number of rotatable bonds is 3. The van der Waals surface area contributed by atoms with Crippen LogP contribution in [0.15, 0.2) is 18.2 Å². The number of nitrogens with one attached hydrogen (secondary N) is 1. The summed E-state index contributed by atoms with van der Waals surface area (Å²) in [6, 6.07) is 4.42. The Kier molecular flexibility index (Phi) is 3.66. The molecule has 7 heteroatoms. The summed E-state index contributed by atoms with van der Waals surface area (Å²) in [6.07, 6.45) is 0. The van der Waals surface area contributed by atoms with E-state index in [4.69, 9.17) is 5.73 Å². The molecule has 7 nitrogen and oxygen atoms in total. The number of amides is 1. The second kappa shape index (κ2) is 5.23. The lowest BCUT2D eigenvalue weighted by Gasteiger charge is -2.35. The second-order valence-corrected chi connectivity index (χ2v) is 4.56. The molecule has 1 aromatic rings. The Hall–Kier alpha value is -2.15. The molecule has 102 valence electrons. The third kappa shape index (κ3) is 2.65. The standard InChI is InChI=1S/C12H16N4O3/c1-8-2-3-9(10(6-8)16(18)19)15-5-4-14-7-11(15)12(13)17/h2-3,6,11,14H,4-5,7H2,1H3,(H2,13,17). The third-order valence-electron chi connectivity index (χ3n) is 3.21. The van der Waals surface area contributed by atoms with E-state index >= 15 is 0 Å². The maximum absolute atomic E-state index is 11.5. The summed E-state index contributed by atoms with van der Waals surface area (Å²) in [5.41, 5.74) is 6.62. The van der Waals surface area contributed by atoms with E-state index < -0.39 is 16.9 Å². The number of hydrogen-bond donors (Lipinski definition) is 2. The van der Waals surface area contributed by atoms with Gasteiger partial charge in [0.2, 0.25) is 5.91 Å². The van der Waals surface area contributed by atoms with Crippen molar-refractivity contribution in [2.75, 3.05) is 24.5 Å². The first-order valence-corrected chi connectivity index (χ1v) is 6.02.